The van der Waals surface area contributed by atoms with Crippen molar-refractivity contribution < 1.29 is 29.0 Å². The Kier molecular flexibility index (Phi) is 7.72. The van der Waals surface area contributed by atoms with E-state index in [0.717, 1.165) is 0 Å². The van der Waals surface area contributed by atoms with Crippen molar-refractivity contribution in [3.63, 3.8) is 0 Å². The number of hydrogen-bond donors (Lipinski definition) is 0. The maximum Gasteiger partial charge on any atom is 0.161 e. The number of benzene rings is 1. The summed E-state index contributed by atoms with van der Waals surface area (Å²) in [5.74, 6) is -1.68. The van der Waals surface area contributed by atoms with Gasteiger partial charge in [-0.1, -0.05) is 6.07 Å². The fraction of sp³-hybridized carbons (Fsp3) is 0.524. The number of carbonyl (C=O) groups is 3. The summed E-state index contributed by atoms with van der Waals surface area (Å²) in [6.45, 7) is 6.05. The number of nitrogens with zero attached hydrogens (tertiary/aromatic N) is 1. The third-order valence-corrected chi connectivity index (χ3v) is 4.52. The second-order valence-electron chi connectivity index (χ2n) is 6.66. The number of Topliss-reactive ketones (excluding diaryl/α,β-unsaturated/α-hetero) is 2. The van der Waals surface area contributed by atoms with Crippen molar-refractivity contribution in [3.8, 4) is 11.5 Å². The highest BCUT2D eigenvalue weighted by Crippen LogP contribution is 2.30. The van der Waals surface area contributed by atoms with E-state index in [9.17, 15) is 19.5 Å². The van der Waals surface area contributed by atoms with Gasteiger partial charge in [0.25, 0.3) is 0 Å². The van der Waals surface area contributed by atoms with Crippen LogP contribution in [-0.4, -0.2) is 42.5 Å². The lowest BCUT2D eigenvalue weighted by molar-refractivity contribution is -0.306. The summed E-state index contributed by atoms with van der Waals surface area (Å²) in [4.78, 5) is 40.3. The summed E-state index contributed by atoms with van der Waals surface area (Å²) in [6.07, 6.45) is 1.33. The molecule has 7 nitrogen and oxygen atoms in total. The Labute approximate surface area is 164 Å². The molecule has 0 unspecified atom stereocenters. The number of rotatable bonds is 9. The van der Waals surface area contributed by atoms with Gasteiger partial charge < -0.3 is 19.4 Å². The third kappa shape index (κ3) is 5.41. The molecule has 0 bridgehead atoms. The summed E-state index contributed by atoms with van der Waals surface area (Å²) in [5, 5.41) is 11.0. The molecule has 0 heterocycles. The lowest BCUT2D eigenvalue weighted by Gasteiger charge is -2.24. The molecule has 0 aliphatic heterocycles. The van der Waals surface area contributed by atoms with Crippen LogP contribution >= 0.6 is 0 Å². The number of ether oxygens (including phenoxy) is 2. The quantitative estimate of drug-likeness (QED) is 0.594. The molecule has 28 heavy (non-hydrogen) atoms. The van der Waals surface area contributed by atoms with Crippen LogP contribution in [0.1, 0.15) is 45.6 Å². The molecule has 1 saturated carbocycles. The van der Waals surface area contributed by atoms with E-state index in [2.05, 4.69) is 4.99 Å². The van der Waals surface area contributed by atoms with Gasteiger partial charge in [-0.05, 0) is 51.3 Å². The number of ketones is 2. The van der Waals surface area contributed by atoms with E-state index < -0.39 is 17.9 Å². The Bertz CT molecular complexity index is 770. The predicted molar refractivity (Wildman–Crippen MR) is 102 cm³/mol. The summed E-state index contributed by atoms with van der Waals surface area (Å²) >= 11 is 0. The van der Waals surface area contributed by atoms with Crippen LogP contribution in [0.15, 0.2) is 23.2 Å². The Hall–Kier alpha value is -2.70. The van der Waals surface area contributed by atoms with E-state index >= 15 is 0 Å². The van der Waals surface area contributed by atoms with Crippen LogP contribution in [0.4, 0.5) is 0 Å². The van der Waals surface area contributed by atoms with Gasteiger partial charge in [-0.25, -0.2) is 0 Å². The first-order chi connectivity index (χ1) is 13.4. The SMILES string of the molecule is CCOc1ccc(CC(=O)[C@@H]2C(=O)CCCC2=N[C@@H](C)C(=O)[O-])cc1OCC. The molecule has 0 N–H and O–H groups in total. The van der Waals surface area contributed by atoms with Gasteiger partial charge >= 0.3 is 0 Å². The second kappa shape index (κ2) is 10.0. The Balaban J connectivity index is 2.24. The molecule has 0 saturated heterocycles. The minimum atomic E-state index is -1.33. The molecule has 1 aromatic carbocycles. The van der Waals surface area contributed by atoms with E-state index in [1.54, 1.807) is 18.2 Å². The molecule has 0 aromatic heterocycles. The van der Waals surface area contributed by atoms with Crippen LogP contribution in [0.3, 0.4) is 0 Å². The largest absolute Gasteiger partial charge is 0.548 e. The zero-order chi connectivity index (χ0) is 20.7. The second-order valence-corrected chi connectivity index (χ2v) is 6.66. The molecule has 1 aromatic rings. The first kappa shape index (κ1) is 21.6. The number of aliphatic carboxylic acids is 1. The number of aliphatic imine (C=N–C) groups is 1. The average molecular weight is 388 g/mol. The van der Waals surface area contributed by atoms with Crippen molar-refractivity contribution in [2.75, 3.05) is 13.2 Å². The zero-order valence-electron chi connectivity index (χ0n) is 16.5. The molecule has 2 rings (SSSR count). The molecule has 1 aliphatic carbocycles. The van der Waals surface area contributed by atoms with Crippen molar-refractivity contribution in [2.24, 2.45) is 10.9 Å². The van der Waals surface area contributed by atoms with E-state index in [-0.39, 0.29) is 18.0 Å². The summed E-state index contributed by atoms with van der Waals surface area (Å²) in [5.41, 5.74) is 1.04. The maximum absolute atomic E-state index is 12.9. The highest BCUT2D eigenvalue weighted by Gasteiger charge is 2.34. The van der Waals surface area contributed by atoms with Gasteiger partial charge in [0.15, 0.2) is 17.3 Å². The number of carboxylic acid groups (broad SMARTS) is 1. The van der Waals surface area contributed by atoms with Crippen molar-refractivity contribution >= 4 is 23.2 Å². The van der Waals surface area contributed by atoms with E-state index in [4.69, 9.17) is 9.47 Å². The van der Waals surface area contributed by atoms with E-state index in [1.165, 1.54) is 6.92 Å². The summed E-state index contributed by atoms with van der Waals surface area (Å²) in [6, 6.07) is 4.15. The smallest absolute Gasteiger partial charge is 0.161 e. The van der Waals surface area contributed by atoms with E-state index in [1.807, 2.05) is 13.8 Å². The molecular weight excluding hydrogens is 362 g/mol. The molecule has 1 fully saturated rings. The minimum Gasteiger partial charge on any atom is -0.548 e. The monoisotopic (exact) mass is 388 g/mol. The standard InChI is InChI=1S/C21H27NO6/c1-4-27-18-10-9-14(12-19(18)28-5-2)11-17(24)20-15(7-6-8-16(20)23)22-13(3)21(25)26/h9-10,12-13,20H,4-8,11H2,1-3H3,(H,25,26)/p-1/t13-,20-/m0/s1. The van der Waals surface area contributed by atoms with Gasteiger partial charge in [-0.3, -0.25) is 14.6 Å². The predicted octanol–water partition coefficient (Wildman–Crippen LogP) is 1.54. The van der Waals surface area contributed by atoms with Crippen molar-refractivity contribution in [1.29, 1.82) is 0 Å². The molecule has 1 aliphatic rings. The van der Waals surface area contributed by atoms with Crippen LogP contribution < -0.4 is 14.6 Å². The highest BCUT2D eigenvalue weighted by molar-refractivity contribution is 6.22. The molecule has 152 valence electrons. The highest BCUT2D eigenvalue weighted by atomic mass is 16.5. The normalized spacial score (nSPS) is 19.3. The average Bonchev–Trinajstić information content (AvgIpc) is 2.64. The molecule has 0 spiro atoms. The van der Waals surface area contributed by atoms with Gasteiger partial charge in [0.1, 0.15) is 11.7 Å². The lowest BCUT2D eigenvalue weighted by Crippen LogP contribution is -2.39. The molecular formula is C21H26NO6-. The third-order valence-electron chi connectivity index (χ3n) is 4.52. The fourth-order valence-corrected chi connectivity index (χ4v) is 3.23. The van der Waals surface area contributed by atoms with Crippen molar-refractivity contribution in [1.82, 2.24) is 0 Å². The van der Waals surface area contributed by atoms with Crippen molar-refractivity contribution in [2.45, 2.75) is 52.5 Å². The van der Waals surface area contributed by atoms with Gasteiger partial charge in [0.2, 0.25) is 0 Å². The molecule has 0 amide bonds. The first-order valence-corrected chi connectivity index (χ1v) is 9.58. The summed E-state index contributed by atoms with van der Waals surface area (Å²) < 4.78 is 11.1. The molecule has 0 radical (unpaired) electrons. The van der Waals surface area contributed by atoms with Crippen LogP contribution in [-0.2, 0) is 20.8 Å². The van der Waals surface area contributed by atoms with Crippen molar-refractivity contribution in [3.05, 3.63) is 23.8 Å². The molecule has 2 atom stereocenters. The Morgan fingerprint density at radius 1 is 1.18 bits per heavy atom. The van der Waals surface area contributed by atoms with Crippen LogP contribution in [0, 0.1) is 5.92 Å². The van der Waals surface area contributed by atoms with Gasteiger partial charge in [0.05, 0.1) is 25.2 Å². The molecule has 7 heteroatoms. The van der Waals surface area contributed by atoms with Gasteiger partial charge in [0, 0.05) is 18.6 Å². The Morgan fingerprint density at radius 3 is 2.50 bits per heavy atom. The fourth-order valence-electron chi connectivity index (χ4n) is 3.23. The first-order valence-electron chi connectivity index (χ1n) is 9.58. The Morgan fingerprint density at radius 2 is 1.86 bits per heavy atom. The van der Waals surface area contributed by atoms with E-state index in [0.29, 0.717) is 55.3 Å². The topological polar surface area (TPSA) is 105 Å². The van der Waals surface area contributed by atoms with Gasteiger partial charge in [-0.15, -0.1) is 0 Å². The van der Waals surface area contributed by atoms with Gasteiger partial charge in [-0.2, -0.15) is 0 Å². The number of carbonyl (C=O) groups excluding carboxylic acids is 3. The summed E-state index contributed by atoms with van der Waals surface area (Å²) in [7, 11) is 0. The van der Waals surface area contributed by atoms with Crippen LogP contribution in [0.2, 0.25) is 0 Å². The minimum absolute atomic E-state index is 0.0294. The maximum atomic E-state index is 12.9. The number of hydrogen-bond acceptors (Lipinski definition) is 7. The van der Waals surface area contributed by atoms with Crippen LogP contribution in [0.5, 0.6) is 11.5 Å². The van der Waals surface area contributed by atoms with Crippen LogP contribution in [0.25, 0.3) is 0 Å². The zero-order valence-corrected chi connectivity index (χ0v) is 16.5. The number of carboxylic acids is 1. The lowest BCUT2D eigenvalue weighted by atomic mass is 9.81.